The molecule has 142 valence electrons. The third-order valence-corrected chi connectivity index (χ3v) is 4.36. The van der Waals surface area contributed by atoms with E-state index in [1.54, 1.807) is 12.1 Å². The van der Waals surface area contributed by atoms with Crippen molar-refractivity contribution in [2.45, 2.75) is 17.5 Å². The zero-order valence-corrected chi connectivity index (χ0v) is 14.6. The van der Waals surface area contributed by atoms with Gasteiger partial charge in [-0.15, -0.1) is 11.8 Å². The fourth-order valence-electron chi connectivity index (χ4n) is 1.79. The van der Waals surface area contributed by atoms with Gasteiger partial charge >= 0.3 is 6.18 Å². The Morgan fingerprint density at radius 1 is 1.15 bits per heavy atom. The maximum Gasteiger partial charge on any atom is 0.398 e. The standard InChI is InChI=1S/C15H13ClF5N3OS/c16-11-12(13(17)18)23-8-24-14(11)22-5-6-25-9-1-3-10(4-2-9)26-7-15(19,20)21/h1-4,8,13H,5-7H2,(H,22,23,24). The smallest absolute Gasteiger partial charge is 0.398 e. The van der Waals surface area contributed by atoms with Crippen LogP contribution in [-0.4, -0.2) is 35.0 Å². The molecule has 0 radical (unpaired) electrons. The summed E-state index contributed by atoms with van der Waals surface area (Å²) in [5.74, 6) is -0.429. The van der Waals surface area contributed by atoms with Crippen LogP contribution in [0.2, 0.25) is 5.02 Å². The molecule has 0 aliphatic heterocycles. The second kappa shape index (κ2) is 9.22. The molecule has 1 N–H and O–H groups in total. The van der Waals surface area contributed by atoms with E-state index >= 15 is 0 Å². The normalized spacial score (nSPS) is 11.7. The predicted octanol–water partition coefficient (Wildman–Crippen LogP) is 5.21. The summed E-state index contributed by atoms with van der Waals surface area (Å²) in [5, 5.41) is 2.50. The molecule has 0 spiro atoms. The molecular formula is C15H13ClF5N3OS. The first-order valence-electron chi connectivity index (χ1n) is 7.21. The van der Waals surface area contributed by atoms with Crippen molar-refractivity contribution in [3.63, 3.8) is 0 Å². The lowest BCUT2D eigenvalue weighted by atomic mass is 10.3. The highest BCUT2D eigenvalue weighted by Crippen LogP contribution is 2.29. The minimum Gasteiger partial charge on any atom is -0.492 e. The third kappa shape index (κ3) is 6.49. The van der Waals surface area contributed by atoms with Gasteiger partial charge in [-0.2, -0.15) is 13.2 Å². The number of ether oxygens (including phenoxy) is 1. The first kappa shape index (κ1) is 20.5. The molecule has 0 amide bonds. The molecule has 0 aliphatic carbocycles. The SMILES string of the molecule is FC(F)c1ncnc(NCCOc2ccc(SCC(F)(F)F)cc2)c1Cl. The molecule has 1 aromatic heterocycles. The maximum atomic E-state index is 12.7. The monoisotopic (exact) mass is 413 g/mol. The molecule has 4 nitrogen and oxygen atoms in total. The van der Waals surface area contributed by atoms with E-state index < -0.39 is 24.0 Å². The van der Waals surface area contributed by atoms with Gasteiger partial charge < -0.3 is 10.1 Å². The van der Waals surface area contributed by atoms with Gasteiger partial charge in [0.1, 0.15) is 35.2 Å². The molecule has 0 saturated carbocycles. The average Bonchev–Trinajstić information content (AvgIpc) is 2.58. The summed E-state index contributed by atoms with van der Waals surface area (Å²) >= 11 is 6.47. The van der Waals surface area contributed by atoms with Crippen LogP contribution in [0.25, 0.3) is 0 Å². The van der Waals surface area contributed by atoms with E-state index in [2.05, 4.69) is 15.3 Å². The van der Waals surface area contributed by atoms with Crippen LogP contribution in [-0.2, 0) is 0 Å². The molecule has 11 heteroatoms. The Balaban J connectivity index is 1.79. The van der Waals surface area contributed by atoms with Crippen molar-refractivity contribution in [2.75, 3.05) is 24.2 Å². The number of benzene rings is 1. The lowest BCUT2D eigenvalue weighted by molar-refractivity contribution is -0.105. The molecular weight excluding hydrogens is 401 g/mol. The number of anilines is 1. The molecule has 0 fully saturated rings. The fraction of sp³-hybridized carbons (Fsp3) is 0.333. The number of halogens is 6. The minimum atomic E-state index is -4.22. The minimum absolute atomic E-state index is 0.0689. The highest BCUT2D eigenvalue weighted by molar-refractivity contribution is 7.99. The number of nitrogens with one attached hydrogen (secondary N) is 1. The number of nitrogens with zero attached hydrogens (tertiary/aromatic N) is 2. The molecule has 0 atom stereocenters. The molecule has 1 heterocycles. The molecule has 2 aromatic rings. The van der Waals surface area contributed by atoms with Gasteiger partial charge in [0.25, 0.3) is 6.43 Å². The van der Waals surface area contributed by atoms with Gasteiger partial charge in [-0.05, 0) is 24.3 Å². The molecule has 1 aromatic carbocycles. The van der Waals surface area contributed by atoms with E-state index in [9.17, 15) is 22.0 Å². The maximum absolute atomic E-state index is 12.7. The first-order valence-corrected chi connectivity index (χ1v) is 8.57. The number of hydrogen-bond donors (Lipinski definition) is 1. The van der Waals surface area contributed by atoms with E-state index in [1.807, 2.05) is 0 Å². The van der Waals surface area contributed by atoms with Crippen molar-refractivity contribution in [2.24, 2.45) is 0 Å². The zero-order chi connectivity index (χ0) is 19.2. The van der Waals surface area contributed by atoms with Crippen LogP contribution in [0.15, 0.2) is 35.5 Å². The zero-order valence-electron chi connectivity index (χ0n) is 13.1. The van der Waals surface area contributed by atoms with E-state index in [0.29, 0.717) is 22.4 Å². The predicted molar refractivity (Wildman–Crippen MR) is 89.2 cm³/mol. The summed E-state index contributed by atoms with van der Waals surface area (Å²) in [7, 11) is 0. The van der Waals surface area contributed by atoms with Gasteiger partial charge in [-0.3, -0.25) is 0 Å². The Hall–Kier alpha value is -1.81. The van der Waals surface area contributed by atoms with E-state index in [4.69, 9.17) is 16.3 Å². The summed E-state index contributed by atoms with van der Waals surface area (Å²) in [5.41, 5.74) is -0.558. The van der Waals surface area contributed by atoms with Gasteiger partial charge in [0.05, 0.1) is 12.3 Å². The highest BCUT2D eigenvalue weighted by atomic mass is 35.5. The first-order chi connectivity index (χ1) is 12.3. The van der Waals surface area contributed by atoms with Gasteiger partial charge in [0.15, 0.2) is 0 Å². The Morgan fingerprint density at radius 2 is 1.85 bits per heavy atom. The van der Waals surface area contributed by atoms with E-state index in [0.717, 1.165) is 6.33 Å². The largest absolute Gasteiger partial charge is 0.492 e. The van der Waals surface area contributed by atoms with Crippen molar-refractivity contribution < 1.29 is 26.7 Å². The summed E-state index contributed by atoms with van der Waals surface area (Å²) in [6, 6.07) is 6.14. The average molecular weight is 414 g/mol. The lowest BCUT2D eigenvalue weighted by Gasteiger charge is -2.11. The number of aromatic nitrogens is 2. The van der Waals surface area contributed by atoms with Crippen LogP contribution >= 0.6 is 23.4 Å². The Bertz CT molecular complexity index is 715. The van der Waals surface area contributed by atoms with Crippen molar-refractivity contribution in [1.29, 1.82) is 0 Å². The van der Waals surface area contributed by atoms with Gasteiger partial charge in [-0.25, -0.2) is 18.7 Å². The summed E-state index contributed by atoms with van der Waals surface area (Å²) in [4.78, 5) is 7.67. The molecule has 0 unspecified atom stereocenters. The van der Waals surface area contributed by atoms with Crippen LogP contribution in [0.5, 0.6) is 5.75 Å². The van der Waals surface area contributed by atoms with Crippen molar-refractivity contribution in [3.8, 4) is 5.75 Å². The Labute approximate surface area is 155 Å². The van der Waals surface area contributed by atoms with Gasteiger partial charge in [0, 0.05) is 4.90 Å². The van der Waals surface area contributed by atoms with Crippen LogP contribution in [0, 0.1) is 0 Å². The third-order valence-electron chi connectivity index (χ3n) is 2.91. The number of thioether (sulfide) groups is 1. The van der Waals surface area contributed by atoms with Gasteiger partial charge in [-0.1, -0.05) is 11.6 Å². The van der Waals surface area contributed by atoms with Crippen LogP contribution in [0.4, 0.5) is 27.8 Å². The summed E-state index contributed by atoms with van der Waals surface area (Å²) < 4.78 is 67.2. The molecule has 0 aliphatic rings. The van der Waals surface area contributed by atoms with Crippen molar-refractivity contribution >= 4 is 29.2 Å². The fourth-order valence-corrected chi connectivity index (χ4v) is 2.70. The van der Waals surface area contributed by atoms with Gasteiger partial charge in [0.2, 0.25) is 0 Å². The van der Waals surface area contributed by atoms with Crippen molar-refractivity contribution in [3.05, 3.63) is 41.3 Å². The molecule has 26 heavy (non-hydrogen) atoms. The highest BCUT2D eigenvalue weighted by Gasteiger charge is 2.27. The lowest BCUT2D eigenvalue weighted by Crippen LogP contribution is -2.13. The molecule has 0 bridgehead atoms. The molecule has 2 rings (SSSR count). The number of hydrogen-bond acceptors (Lipinski definition) is 5. The van der Waals surface area contributed by atoms with E-state index in [-0.39, 0.29) is 24.0 Å². The Kier molecular flexibility index (Phi) is 7.27. The van der Waals surface area contributed by atoms with Crippen LogP contribution < -0.4 is 10.1 Å². The van der Waals surface area contributed by atoms with Crippen LogP contribution in [0.1, 0.15) is 12.1 Å². The second-order valence-electron chi connectivity index (χ2n) is 4.87. The Morgan fingerprint density at radius 3 is 2.46 bits per heavy atom. The van der Waals surface area contributed by atoms with Crippen molar-refractivity contribution in [1.82, 2.24) is 9.97 Å². The van der Waals surface area contributed by atoms with E-state index in [1.165, 1.54) is 12.1 Å². The number of rotatable bonds is 8. The quantitative estimate of drug-likeness (QED) is 0.365. The summed E-state index contributed by atoms with van der Waals surface area (Å²) in [6.45, 7) is 0.392. The topological polar surface area (TPSA) is 47.0 Å². The molecule has 0 saturated heterocycles. The van der Waals surface area contributed by atoms with Crippen LogP contribution in [0.3, 0.4) is 0 Å². The number of alkyl halides is 5. The second-order valence-corrected chi connectivity index (χ2v) is 6.30. The summed E-state index contributed by atoms with van der Waals surface area (Å²) in [6.07, 6.45) is -6.05.